The molecule has 1 aromatic carbocycles. The summed E-state index contributed by atoms with van der Waals surface area (Å²) in [5.41, 5.74) is 0. The third-order valence-electron chi connectivity index (χ3n) is 5.45. The van der Waals surface area contributed by atoms with Gasteiger partial charge in [-0.2, -0.15) is 0 Å². The van der Waals surface area contributed by atoms with Gasteiger partial charge in [-0.1, -0.05) is 18.2 Å². The van der Waals surface area contributed by atoms with Crippen LogP contribution in [0.1, 0.15) is 25.7 Å². The quantitative estimate of drug-likeness (QED) is 0.836. The highest BCUT2D eigenvalue weighted by Crippen LogP contribution is 2.22. The van der Waals surface area contributed by atoms with Crippen molar-refractivity contribution in [3.8, 4) is 5.75 Å². The number of benzene rings is 1. The number of carbonyl (C=O) groups excluding carboxylic acids is 2. The molecule has 2 saturated heterocycles. The third kappa shape index (κ3) is 4.75. The van der Waals surface area contributed by atoms with E-state index in [0.717, 1.165) is 38.1 Å². The van der Waals surface area contributed by atoms with Gasteiger partial charge in [0, 0.05) is 38.6 Å². The lowest BCUT2D eigenvalue weighted by atomic mass is 9.94. The number of para-hydroxylation sites is 1. The Morgan fingerprint density at radius 3 is 2.58 bits per heavy atom. The normalized spacial score (nSPS) is 20.8. The van der Waals surface area contributed by atoms with E-state index in [-0.39, 0.29) is 17.7 Å². The van der Waals surface area contributed by atoms with E-state index in [0.29, 0.717) is 32.2 Å². The summed E-state index contributed by atoms with van der Waals surface area (Å²) in [4.78, 5) is 28.8. The van der Waals surface area contributed by atoms with Crippen LogP contribution in [0.4, 0.5) is 0 Å². The maximum Gasteiger partial charge on any atom is 0.225 e. The number of hydrogen-bond donors (Lipinski definition) is 1. The summed E-state index contributed by atoms with van der Waals surface area (Å²) in [6.07, 6.45) is 2.92. The highest BCUT2D eigenvalue weighted by Gasteiger charge is 2.32. The molecule has 2 aliphatic heterocycles. The van der Waals surface area contributed by atoms with Crippen molar-refractivity contribution in [3.63, 3.8) is 0 Å². The molecule has 0 aromatic heterocycles. The van der Waals surface area contributed by atoms with Gasteiger partial charge < -0.3 is 19.9 Å². The second-order valence-electron chi connectivity index (χ2n) is 7.16. The lowest BCUT2D eigenvalue weighted by molar-refractivity contribution is -0.141. The van der Waals surface area contributed by atoms with Gasteiger partial charge in [0.1, 0.15) is 5.75 Å². The average Bonchev–Trinajstić information content (AvgIpc) is 3.22. The average molecular weight is 359 g/mol. The molecule has 142 valence electrons. The lowest BCUT2D eigenvalue weighted by Gasteiger charge is -2.34. The molecule has 2 amide bonds. The number of amides is 2. The number of likely N-dealkylation sites (tertiary alicyclic amines) is 1. The van der Waals surface area contributed by atoms with Crippen molar-refractivity contribution < 1.29 is 14.3 Å². The molecule has 3 rings (SSSR count). The zero-order valence-electron chi connectivity index (χ0n) is 15.5. The third-order valence-corrected chi connectivity index (χ3v) is 5.45. The zero-order valence-corrected chi connectivity index (χ0v) is 15.5. The van der Waals surface area contributed by atoms with Crippen molar-refractivity contribution in [3.05, 3.63) is 30.3 Å². The molecule has 0 saturated carbocycles. The predicted octanol–water partition coefficient (Wildman–Crippen LogP) is 1.51. The van der Waals surface area contributed by atoms with E-state index in [1.807, 2.05) is 47.2 Å². The Morgan fingerprint density at radius 1 is 1.19 bits per heavy atom. The topological polar surface area (TPSA) is 61.9 Å². The Bertz CT molecular complexity index is 594. The highest BCUT2D eigenvalue weighted by atomic mass is 16.5. The Kier molecular flexibility index (Phi) is 6.50. The molecule has 6 nitrogen and oxygen atoms in total. The van der Waals surface area contributed by atoms with Gasteiger partial charge in [0.2, 0.25) is 11.8 Å². The number of hydrogen-bond acceptors (Lipinski definition) is 4. The van der Waals surface area contributed by atoms with Crippen LogP contribution in [0.3, 0.4) is 0 Å². The largest absolute Gasteiger partial charge is 0.493 e. The minimum atomic E-state index is 0.0465. The minimum absolute atomic E-state index is 0.0465. The summed E-state index contributed by atoms with van der Waals surface area (Å²) < 4.78 is 5.60. The maximum atomic E-state index is 12.7. The Labute approximate surface area is 155 Å². The summed E-state index contributed by atoms with van der Waals surface area (Å²) in [5, 5.41) is 3.31. The number of nitrogens with one attached hydrogen (secondary N) is 1. The van der Waals surface area contributed by atoms with Crippen LogP contribution in [0.25, 0.3) is 0 Å². The first-order valence-corrected chi connectivity index (χ1v) is 9.58. The van der Waals surface area contributed by atoms with E-state index in [1.165, 1.54) is 0 Å². The molecule has 1 aromatic rings. The highest BCUT2D eigenvalue weighted by molar-refractivity contribution is 5.80. The fourth-order valence-electron chi connectivity index (χ4n) is 3.74. The number of rotatable bonds is 6. The van der Waals surface area contributed by atoms with Gasteiger partial charge >= 0.3 is 0 Å². The van der Waals surface area contributed by atoms with Gasteiger partial charge in [-0.25, -0.2) is 0 Å². The first kappa shape index (κ1) is 18.7. The van der Waals surface area contributed by atoms with Crippen molar-refractivity contribution in [1.29, 1.82) is 0 Å². The zero-order chi connectivity index (χ0) is 18.4. The Balaban J connectivity index is 1.38. The monoisotopic (exact) mass is 359 g/mol. The summed E-state index contributed by atoms with van der Waals surface area (Å²) in [7, 11) is 1.92. The molecule has 0 aliphatic carbocycles. The summed E-state index contributed by atoms with van der Waals surface area (Å²) in [6, 6.07) is 9.85. The van der Waals surface area contributed by atoms with Crippen LogP contribution in [-0.2, 0) is 9.59 Å². The number of ether oxygens (including phenoxy) is 1. The standard InChI is InChI=1S/C20H29N3O3/c1-22(17-7-11-21-15-17)20(25)16-8-12-23(13-9-16)19(24)10-14-26-18-5-3-2-4-6-18/h2-6,16-17,21H,7-15H2,1H3. The van der Waals surface area contributed by atoms with Crippen LogP contribution >= 0.6 is 0 Å². The molecule has 1 atom stereocenters. The smallest absolute Gasteiger partial charge is 0.225 e. The maximum absolute atomic E-state index is 12.7. The molecule has 6 heteroatoms. The minimum Gasteiger partial charge on any atom is -0.493 e. The van der Waals surface area contributed by atoms with Crippen LogP contribution in [0.5, 0.6) is 5.75 Å². The summed E-state index contributed by atoms with van der Waals surface area (Å²) in [5.74, 6) is 1.18. The number of nitrogens with zero attached hydrogens (tertiary/aromatic N) is 2. The number of carbonyl (C=O) groups is 2. The van der Waals surface area contributed by atoms with Crippen molar-refractivity contribution in [2.75, 3.05) is 39.8 Å². The molecule has 0 radical (unpaired) electrons. The van der Waals surface area contributed by atoms with E-state index in [2.05, 4.69) is 5.32 Å². The van der Waals surface area contributed by atoms with Crippen molar-refractivity contribution >= 4 is 11.8 Å². The molecular formula is C20H29N3O3. The molecule has 1 N–H and O–H groups in total. The summed E-state index contributed by atoms with van der Waals surface area (Å²) in [6.45, 7) is 3.59. The van der Waals surface area contributed by atoms with Crippen molar-refractivity contribution in [2.24, 2.45) is 5.92 Å². The van der Waals surface area contributed by atoms with Crippen LogP contribution in [0, 0.1) is 5.92 Å². The van der Waals surface area contributed by atoms with Gasteiger partial charge in [0.15, 0.2) is 0 Å². The molecule has 26 heavy (non-hydrogen) atoms. The van der Waals surface area contributed by atoms with E-state index in [9.17, 15) is 9.59 Å². The molecule has 0 bridgehead atoms. The number of likely N-dealkylation sites (N-methyl/N-ethyl adjacent to an activating group) is 1. The molecule has 0 spiro atoms. The Morgan fingerprint density at radius 2 is 1.92 bits per heavy atom. The van der Waals surface area contributed by atoms with E-state index < -0.39 is 0 Å². The first-order valence-electron chi connectivity index (χ1n) is 9.58. The fraction of sp³-hybridized carbons (Fsp3) is 0.600. The molecule has 1 unspecified atom stereocenters. The van der Waals surface area contributed by atoms with Crippen molar-refractivity contribution in [2.45, 2.75) is 31.7 Å². The predicted molar refractivity (Wildman–Crippen MR) is 99.9 cm³/mol. The van der Waals surface area contributed by atoms with Gasteiger partial charge in [0.05, 0.1) is 13.0 Å². The molecule has 2 fully saturated rings. The van der Waals surface area contributed by atoms with E-state index in [4.69, 9.17) is 4.74 Å². The van der Waals surface area contributed by atoms with E-state index >= 15 is 0 Å². The van der Waals surface area contributed by atoms with Gasteiger partial charge in [0.25, 0.3) is 0 Å². The van der Waals surface area contributed by atoms with Crippen LogP contribution in [0.2, 0.25) is 0 Å². The molecule has 2 heterocycles. The fourth-order valence-corrected chi connectivity index (χ4v) is 3.74. The van der Waals surface area contributed by atoms with Gasteiger partial charge in [-0.15, -0.1) is 0 Å². The molecular weight excluding hydrogens is 330 g/mol. The Hall–Kier alpha value is -2.08. The second kappa shape index (κ2) is 9.03. The first-order chi connectivity index (χ1) is 12.6. The van der Waals surface area contributed by atoms with Crippen molar-refractivity contribution in [1.82, 2.24) is 15.1 Å². The second-order valence-corrected chi connectivity index (χ2v) is 7.16. The van der Waals surface area contributed by atoms with Crippen LogP contribution in [-0.4, -0.2) is 67.5 Å². The van der Waals surface area contributed by atoms with Gasteiger partial charge in [-0.3, -0.25) is 9.59 Å². The lowest BCUT2D eigenvalue weighted by Crippen LogP contribution is -2.46. The van der Waals surface area contributed by atoms with E-state index in [1.54, 1.807) is 0 Å². The SMILES string of the molecule is CN(C(=O)C1CCN(C(=O)CCOc2ccccc2)CC1)C1CCNC1. The van der Waals surface area contributed by atoms with Crippen LogP contribution < -0.4 is 10.1 Å². The van der Waals surface area contributed by atoms with Gasteiger partial charge in [-0.05, 0) is 37.9 Å². The number of piperidine rings is 1. The molecule has 2 aliphatic rings. The summed E-state index contributed by atoms with van der Waals surface area (Å²) >= 11 is 0. The van der Waals surface area contributed by atoms with Crippen LogP contribution in [0.15, 0.2) is 30.3 Å².